The van der Waals surface area contributed by atoms with Crippen LogP contribution in [-0.2, 0) is 4.57 Å². The molecule has 7 nitrogen and oxygen atoms in total. The molecule has 1 aliphatic heterocycles. The van der Waals surface area contributed by atoms with E-state index in [1.54, 1.807) is 0 Å². The minimum atomic E-state index is -3.92. The van der Waals surface area contributed by atoms with Crippen molar-refractivity contribution in [2.75, 3.05) is 43.8 Å². The third kappa shape index (κ3) is 4.06. The van der Waals surface area contributed by atoms with E-state index in [0.29, 0.717) is 6.54 Å². The van der Waals surface area contributed by atoms with E-state index >= 15 is 0 Å². The van der Waals surface area contributed by atoms with E-state index in [-0.39, 0.29) is 6.16 Å². The van der Waals surface area contributed by atoms with Crippen LogP contribution < -0.4 is 4.90 Å². The molecule has 3 rings (SSSR count). The Morgan fingerprint density at radius 2 is 1.83 bits per heavy atom. The molecular formula is C15H21N4O3P. The Bertz CT molecular complexity index is 741. The Kier molecular flexibility index (Phi) is 4.64. The van der Waals surface area contributed by atoms with E-state index in [0.717, 1.165) is 48.7 Å². The summed E-state index contributed by atoms with van der Waals surface area (Å²) < 4.78 is 11.0. The number of nitrogens with zero attached hydrogens (tertiary/aromatic N) is 4. The molecule has 1 aromatic carbocycles. The minimum absolute atomic E-state index is 0.0808. The maximum atomic E-state index is 11.0. The fraction of sp³-hybridized carbons (Fsp3) is 0.467. The van der Waals surface area contributed by atoms with Gasteiger partial charge in [0.25, 0.3) is 0 Å². The lowest BCUT2D eigenvalue weighted by Crippen LogP contribution is -2.47. The number of anilines is 1. The van der Waals surface area contributed by atoms with Gasteiger partial charge in [0.05, 0.1) is 11.7 Å². The average Bonchev–Trinajstić information content (AvgIpc) is 2.52. The lowest BCUT2D eigenvalue weighted by Gasteiger charge is -2.35. The standard InChI is InChI=1S/C15H21N4O3P/c1-12-16-14-5-3-2-4-13(14)15(17-12)19-8-6-18(7-9-19)10-11-23(20,21)22/h2-5H,6-11H2,1H3,(H2,20,21,22). The highest BCUT2D eigenvalue weighted by Gasteiger charge is 2.22. The fourth-order valence-electron chi connectivity index (χ4n) is 2.87. The highest BCUT2D eigenvalue weighted by molar-refractivity contribution is 7.51. The fourth-order valence-corrected chi connectivity index (χ4v) is 3.41. The van der Waals surface area contributed by atoms with Gasteiger partial charge < -0.3 is 14.7 Å². The van der Waals surface area contributed by atoms with Crippen molar-refractivity contribution in [2.24, 2.45) is 0 Å². The Balaban J connectivity index is 1.72. The third-order valence-electron chi connectivity index (χ3n) is 4.07. The van der Waals surface area contributed by atoms with Crippen molar-refractivity contribution in [3.05, 3.63) is 30.1 Å². The molecule has 0 radical (unpaired) electrons. The van der Waals surface area contributed by atoms with E-state index in [9.17, 15) is 4.57 Å². The lowest BCUT2D eigenvalue weighted by molar-refractivity contribution is 0.264. The molecule has 124 valence electrons. The Morgan fingerprint density at radius 3 is 2.52 bits per heavy atom. The summed E-state index contributed by atoms with van der Waals surface area (Å²) >= 11 is 0. The van der Waals surface area contributed by atoms with Crippen molar-refractivity contribution in [1.29, 1.82) is 0 Å². The zero-order valence-corrected chi connectivity index (χ0v) is 14.0. The van der Waals surface area contributed by atoms with Gasteiger partial charge >= 0.3 is 7.60 Å². The van der Waals surface area contributed by atoms with Crippen LogP contribution >= 0.6 is 7.60 Å². The summed E-state index contributed by atoms with van der Waals surface area (Å²) in [5.74, 6) is 1.70. The number of piperazine rings is 1. The molecule has 1 aromatic heterocycles. The number of hydrogen-bond donors (Lipinski definition) is 2. The highest BCUT2D eigenvalue weighted by atomic mass is 31.2. The molecule has 1 fully saturated rings. The van der Waals surface area contributed by atoms with Crippen LogP contribution in [0.3, 0.4) is 0 Å². The van der Waals surface area contributed by atoms with Crippen LogP contribution in [0, 0.1) is 6.92 Å². The van der Waals surface area contributed by atoms with Gasteiger partial charge in [0.15, 0.2) is 0 Å². The van der Waals surface area contributed by atoms with Crippen molar-refractivity contribution in [3.63, 3.8) is 0 Å². The molecular weight excluding hydrogens is 315 g/mol. The van der Waals surface area contributed by atoms with E-state index < -0.39 is 7.60 Å². The monoisotopic (exact) mass is 336 g/mol. The van der Waals surface area contributed by atoms with Gasteiger partial charge in [-0.25, -0.2) is 9.97 Å². The van der Waals surface area contributed by atoms with Crippen molar-refractivity contribution in [1.82, 2.24) is 14.9 Å². The normalized spacial score (nSPS) is 16.9. The lowest BCUT2D eigenvalue weighted by atomic mass is 10.2. The van der Waals surface area contributed by atoms with E-state index in [2.05, 4.69) is 19.8 Å². The predicted octanol–water partition coefficient (Wildman–Crippen LogP) is 1.24. The summed E-state index contributed by atoms with van der Waals surface area (Å²) in [5, 5.41) is 1.04. The van der Waals surface area contributed by atoms with E-state index in [4.69, 9.17) is 9.79 Å². The third-order valence-corrected chi connectivity index (χ3v) is 4.86. The number of para-hydroxylation sites is 1. The molecule has 0 spiro atoms. The number of aryl methyl sites for hydroxylation is 1. The van der Waals surface area contributed by atoms with E-state index in [1.165, 1.54) is 0 Å². The van der Waals surface area contributed by atoms with E-state index in [1.807, 2.05) is 31.2 Å². The maximum absolute atomic E-state index is 11.0. The molecule has 2 N–H and O–H groups in total. The van der Waals surface area contributed by atoms with Crippen molar-refractivity contribution in [2.45, 2.75) is 6.92 Å². The zero-order valence-electron chi connectivity index (χ0n) is 13.1. The van der Waals surface area contributed by atoms with Crippen molar-refractivity contribution in [3.8, 4) is 0 Å². The molecule has 23 heavy (non-hydrogen) atoms. The van der Waals surface area contributed by atoms with Gasteiger partial charge in [-0.1, -0.05) is 12.1 Å². The van der Waals surface area contributed by atoms with Gasteiger partial charge in [-0.15, -0.1) is 0 Å². The second-order valence-corrected chi connectivity index (χ2v) is 7.61. The molecule has 0 atom stereocenters. The number of rotatable bonds is 4. The zero-order chi connectivity index (χ0) is 16.4. The molecule has 0 unspecified atom stereocenters. The van der Waals surface area contributed by atoms with Crippen LogP contribution in [0.25, 0.3) is 10.9 Å². The smallest absolute Gasteiger partial charge is 0.326 e. The summed E-state index contributed by atoms with van der Waals surface area (Å²) in [6.07, 6.45) is -0.0808. The van der Waals surface area contributed by atoms with Crippen LogP contribution in [0.4, 0.5) is 5.82 Å². The molecule has 2 aromatic rings. The highest BCUT2D eigenvalue weighted by Crippen LogP contribution is 2.33. The second-order valence-electron chi connectivity index (χ2n) is 5.83. The van der Waals surface area contributed by atoms with Crippen molar-refractivity contribution >= 4 is 24.3 Å². The Labute approximate surface area is 135 Å². The van der Waals surface area contributed by atoms with Crippen LogP contribution in [-0.4, -0.2) is 63.5 Å². The number of benzene rings is 1. The summed E-state index contributed by atoms with van der Waals surface area (Å²) in [6.45, 7) is 5.46. The molecule has 2 heterocycles. The summed E-state index contributed by atoms with van der Waals surface area (Å²) in [5.41, 5.74) is 0.943. The summed E-state index contributed by atoms with van der Waals surface area (Å²) in [4.78, 5) is 31.4. The van der Waals surface area contributed by atoms with Crippen molar-refractivity contribution < 1.29 is 14.4 Å². The first kappa shape index (κ1) is 16.3. The molecule has 0 amide bonds. The van der Waals surface area contributed by atoms with Gasteiger partial charge in [-0.05, 0) is 19.1 Å². The first-order chi connectivity index (χ1) is 10.9. The number of hydrogen-bond acceptors (Lipinski definition) is 5. The number of aromatic nitrogens is 2. The molecule has 1 saturated heterocycles. The topological polar surface area (TPSA) is 89.8 Å². The Morgan fingerprint density at radius 1 is 1.13 bits per heavy atom. The Hall–Kier alpha value is -1.53. The SMILES string of the molecule is Cc1nc(N2CCN(CCP(=O)(O)O)CC2)c2ccccc2n1. The van der Waals surface area contributed by atoms with Gasteiger partial charge in [0, 0.05) is 38.1 Å². The first-order valence-electron chi connectivity index (χ1n) is 7.68. The largest absolute Gasteiger partial charge is 0.353 e. The second kappa shape index (κ2) is 6.53. The summed E-state index contributed by atoms with van der Waals surface area (Å²) in [6, 6.07) is 7.98. The summed E-state index contributed by atoms with van der Waals surface area (Å²) in [7, 11) is -3.92. The first-order valence-corrected chi connectivity index (χ1v) is 9.47. The van der Waals surface area contributed by atoms with Crippen LogP contribution in [0.15, 0.2) is 24.3 Å². The van der Waals surface area contributed by atoms with Gasteiger partial charge in [0.2, 0.25) is 0 Å². The van der Waals surface area contributed by atoms with Gasteiger partial charge in [-0.2, -0.15) is 0 Å². The molecule has 0 bridgehead atoms. The maximum Gasteiger partial charge on any atom is 0.326 e. The predicted molar refractivity (Wildman–Crippen MR) is 89.8 cm³/mol. The molecule has 1 aliphatic rings. The van der Waals surface area contributed by atoms with Gasteiger partial charge in [-0.3, -0.25) is 9.46 Å². The molecule has 0 saturated carbocycles. The average molecular weight is 336 g/mol. The molecule has 8 heteroatoms. The molecule has 0 aliphatic carbocycles. The van der Waals surface area contributed by atoms with Crippen LogP contribution in [0.5, 0.6) is 0 Å². The van der Waals surface area contributed by atoms with Gasteiger partial charge in [0.1, 0.15) is 11.6 Å². The number of fused-ring (bicyclic) bond motifs is 1. The minimum Gasteiger partial charge on any atom is -0.353 e. The van der Waals surface area contributed by atoms with Crippen LogP contribution in [0.2, 0.25) is 0 Å². The van der Waals surface area contributed by atoms with Crippen LogP contribution in [0.1, 0.15) is 5.82 Å². The quantitative estimate of drug-likeness (QED) is 0.812.